The molecule has 3 rings (SSSR count). The summed E-state index contributed by atoms with van der Waals surface area (Å²) in [6, 6.07) is 14.5. The third kappa shape index (κ3) is 4.07. The van der Waals surface area contributed by atoms with Gasteiger partial charge < -0.3 is 15.4 Å². The number of halogens is 2. The molecule has 0 aliphatic carbocycles. The molecule has 0 saturated carbocycles. The van der Waals surface area contributed by atoms with E-state index in [0.717, 1.165) is 11.4 Å². The van der Waals surface area contributed by atoms with Crippen molar-refractivity contribution in [2.24, 2.45) is 0 Å². The molecule has 24 heavy (non-hydrogen) atoms. The summed E-state index contributed by atoms with van der Waals surface area (Å²) in [5.74, 6) is 1.82. The molecule has 0 radical (unpaired) electrons. The topological polar surface area (TPSA) is 59.1 Å². The lowest BCUT2D eigenvalue weighted by atomic mass is 10.3. The molecule has 0 atom stereocenters. The SMILES string of the molecule is COc1cccc(Nc2nccc(Nc3ccc(Cl)cc3Cl)n2)c1. The summed E-state index contributed by atoms with van der Waals surface area (Å²) < 4.78 is 5.20. The van der Waals surface area contributed by atoms with Gasteiger partial charge in [0.25, 0.3) is 0 Å². The van der Waals surface area contributed by atoms with Crippen molar-refractivity contribution in [3.8, 4) is 5.75 Å². The predicted molar refractivity (Wildman–Crippen MR) is 98.1 cm³/mol. The molecule has 0 amide bonds. The van der Waals surface area contributed by atoms with Crippen molar-refractivity contribution in [3.05, 3.63) is 64.8 Å². The summed E-state index contributed by atoms with van der Waals surface area (Å²) in [4.78, 5) is 8.63. The fraction of sp³-hybridized carbons (Fsp3) is 0.0588. The standard InChI is InChI=1S/C17H14Cl2N4O/c1-24-13-4-2-3-12(10-13)21-17-20-8-7-16(23-17)22-15-6-5-11(18)9-14(15)19/h2-10H,1H3,(H2,20,21,22,23). The molecule has 0 saturated heterocycles. The van der Waals surface area contributed by atoms with E-state index in [0.29, 0.717) is 27.5 Å². The molecule has 1 heterocycles. The summed E-state index contributed by atoms with van der Waals surface area (Å²) in [5, 5.41) is 7.37. The largest absolute Gasteiger partial charge is 0.497 e. The van der Waals surface area contributed by atoms with Gasteiger partial charge in [-0.25, -0.2) is 4.98 Å². The van der Waals surface area contributed by atoms with Gasteiger partial charge in [0.1, 0.15) is 11.6 Å². The van der Waals surface area contributed by atoms with E-state index >= 15 is 0 Å². The van der Waals surface area contributed by atoms with Crippen LogP contribution in [0.3, 0.4) is 0 Å². The third-order valence-electron chi connectivity index (χ3n) is 3.18. The first-order chi connectivity index (χ1) is 11.6. The normalized spacial score (nSPS) is 10.3. The Morgan fingerprint density at radius 3 is 2.67 bits per heavy atom. The van der Waals surface area contributed by atoms with Crippen LogP contribution in [0.2, 0.25) is 10.0 Å². The van der Waals surface area contributed by atoms with Crippen LogP contribution in [0, 0.1) is 0 Å². The van der Waals surface area contributed by atoms with Gasteiger partial charge in [-0.05, 0) is 36.4 Å². The predicted octanol–water partition coefficient (Wildman–Crippen LogP) is 5.28. The molecule has 2 aromatic carbocycles. The number of rotatable bonds is 5. The maximum absolute atomic E-state index is 6.16. The molecule has 0 unspecified atom stereocenters. The first-order valence-corrected chi connectivity index (χ1v) is 7.86. The van der Waals surface area contributed by atoms with Crippen LogP contribution in [0.4, 0.5) is 23.1 Å². The van der Waals surface area contributed by atoms with Crippen LogP contribution >= 0.6 is 23.2 Å². The highest BCUT2D eigenvalue weighted by atomic mass is 35.5. The number of aromatic nitrogens is 2. The highest BCUT2D eigenvalue weighted by molar-refractivity contribution is 6.36. The van der Waals surface area contributed by atoms with Crippen LogP contribution < -0.4 is 15.4 Å². The quantitative estimate of drug-likeness (QED) is 0.648. The zero-order valence-electron chi connectivity index (χ0n) is 12.8. The van der Waals surface area contributed by atoms with E-state index in [-0.39, 0.29) is 0 Å². The van der Waals surface area contributed by atoms with E-state index in [1.807, 2.05) is 24.3 Å². The number of ether oxygens (including phenoxy) is 1. The molecule has 0 fully saturated rings. The van der Waals surface area contributed by atoms with Crippen LogP contribution in [0.1, 0.15) is 0 Å². The maximum atomic E-state index is 6.16. The Morgan fingerprint density at radius 1 is 1.00 bits per heavy atom. The number of methoxy groups -OCH3 is 1. The monoisotopic (exact) mass is 360 g/mol. The Balaban J connectivity index is 1.78. The fourth-order valence-electron chi connectivity index (χ4n) is 2.05. The number of nitrogens with one attached hydrogen (secondary N) is 2. The zero-order chi connectivity index (χ0) is 16.9. The minimum Gasteiger partial charge on any atom is -0.497 e. The van der Waals surface area contributed by atoms with E-state index in [1.165, 1.54) is 0 Å². The van der Waals surface area contributed by atoms with Crippen LogP contribution in [-0.2, 0) is 0 Å². The lowest BCUT2D eigenvalue weighted by Gasteiger charge is -2.10. The summed E-state index contributed by atoms with van der Waals surface area (Å²) in [7, 11) is 1.62. The molecule has 2 N–H and O–H groups in total. The molecule has 122 valence electrons. The van der Waals surface area contributed by atoms with E-state index < -0.39 is 0 Å². The summed E-state index contributed by atoms with van der Waals surface area (Å²) >= 11 is 12.1. The van der Waals surface area contributed by atoms with E-state index in [2.05, 4.69) is 20.6 Å². The fourth-order valence-corrected chi connectivity index (χ4v) is 2.50. The van der Waals surface area contributed by atoms with E-state index in [9.17, 15) is 0 Å². The number of hydrogen-bond donors (Lipinski definition) is 2. The molecule has 3 aromatic rings. The average molecular weight is 361 g/mol. The summed E-state index contributed by atoms with van der Waals surface area (Å²) in [5.41, 5.74) is 1.54. The minimum absolute atomic E-state index is 0.457. The third-order valence-corrected chi connectivity index (χ3v) is 3.72. The molecule has 1 aromatic heterocycles. The van der Waals surface area contributed by atoms with Crippen LogP contribution in [0.25, 0.3) is 0 Å². The Kier molecular flexibility index (Phi) is 5.03. The van der Waals surface area contributed by atoms with Crippen molar-refractivity contribution in [1.82, 2.24) is 9.97 Å². The van der Waals surface area contributed by atoms with Gasteiger partial charge in [0.2, 0.25) is 5.95 Å². The minimum atomic E-state index is 0.457. The molecule has 0 aliphatic heterocycles. The second kappa shape index (κ2) is 7.38. The number of benzene rings is 2. The van der Waals surface area contributed by atoms with Crippen molar-refractivity contribution in [3.63, 3.8) is 0 Å². The summed E-state index contributed by atoms with van der Waals surface area (Å²) in [6.45, 7) is 0. The van der Waals surface area contributed by atoms with Crippen molar-refractivity contribution in [2.45, 2.75) is 0 Å². The Morgan fingerprint density at radius 2 is 1.88 bits per heavy atom. The van der Waals surface area contributed by atoms with Crippen LogP contribution in [0.5, 0.6) is 5.75 Å². The van der Waals surface area contributed by atoms with Gasteiger partial charge in [-0.3, -0.25) is 0 Å². The zero-order valence-corrected chi connectivity index (χ0v) is 14.3. The van der Waals surface area contributed by atoms with Gasteiger partial charge in [-0.2, -0.15) is 4.98 Å². The highest BCUT2D eigenvalue weighted by Crippen LogP contribution is 2.28. The Hall–Kier alpha value is -2.50. The van der Waals surface area contributed by atoms with Gasteiger partial charge in [0.05, 0.1) is 17.8 Å². The molecular formula is C17H14Cl2N4O. The smallest absolute Gasteiger partial charge is 0.229 e. The first-order valence-electron chi connectivity index (χ1n) is 7.10. The highest BCUT2D eigenvalue weighted by Gasteiger charge is 2.05. The molecule has 0 aliphatic rings. The number of anilines is 4. The number of nitrogens with zero attached hydrogens (tertiary/aromatic N) is 2. The van der Waals surface area contributed by atoms with Crippen molar-refractivity contribution in [2.75, 3.05) is 17.7 Å². The second-order valence-corrected chi connectivity index (χ2v) is 5.72. The Labute approximate surface area is 149 Å². The van der Waals surface area contributed by atoms with Crippen LogP contribution in [-0.4, -0.2) is 17.1 Å². The van der Waals surface area contributed by atoms with Gasteiger partial charge in [0, 0.05) is 23.0 Å². The Bertz CT molecular complexity index is 857. The van der Waals surface area contributed by atoms with E-state index in [4.69, 9.17) is 27.9 Å². The van der Waals surface area contributed by atoms with Gasteiger partial charge in [-0.15, -0.1) is 0 Å². The van der Waals surface area contributed by atoms with Crippen molar-refractivity contribution in [1.29, 1.82) is 0 Å². The molecular weight excluding hydrogens is 347 g/mol. The first kappa shape index (κ1) is 16.4. The average Bonchev–Trinajstić information content (AvgIpc) is 2.58. The van der Waals surface area contributed by atoms with Crippen molar-refractivity contribution >= 4 is 46.3 Å². The second-order valence-electron chi connectivity index (χ2n) is 4.87. The van der Waals surface area contributed by atoms with Gasteiger partial charge in [-0.1, -0.05) is 29.3 Å². The lowest BCUT2D eigenvalue weighted by molar-refractivity contribution is 0.415. The molecule has 5 nitrogen and oxygen atoms in total. The van der Waals surface area contributed by atoms with Gasteiger partial charge >= 0.3 is 0 Å². The van der Waals surface area contributed by atoms with Crippen LogP contribution in [0.15, 0.2) is 54.7 Å². The number of hydrogen-bond acceptors (Lipinski definition) is 5. The maximum Gasteiger partial charge on any atom is 0.229 e. The summed E-state index contributed by atoms with van der Waals surface area (Å²) in [6.07, 6.45) is 1.65. The molecule has 0 bridgehead atoms. The lowest BCUT2D eigenvalue weighted by Crippen LogP contribution is -2.00. The van der Waals surface area contributed by atoms with Crippen molar-refractivity contribution < 1.29 is 4.74 Å². The molecule has 0 spiro atoms. The molecule has 7 heteroatoms. The van der Waals surface area contributed by atoms with E-state index in [1.54, 1.807) is 37.6 Å². The van der Waals surface area contributed by atoms with Gasteiger partial charge in [0.15, 0.2) is 0 Å².